The van der Waals surface area contributed by atoms with E-state index < -0.39 is 5.97 Å². The number of nitrogens with zero attached hydrogens (tertiary/aromatic N) is 3. The molecule has 0 saturated heterocycles. The Kier molecular flexibility index (Phi) is 7.88. The van der Waals surface area contributed by atoms with Crippen LogP contribution < -0.4 is 10.1 Å². The van der Waals surface area contributed by atoms with Crippen LogP contribution in [-0.2, 0) is 19.4 Å². The summed E-state index contributed by atoms with van der Waals surface area (Å²) in [6.45, 7) is 10.3. The maximum Gasteiger partial charge on any atom is 0.339 e. The molecule has 0 fully saturated rings. The van der Waals surface area contributed by atoms with E-state index in [0.29, 0.717) is 43.6 Å². The molecule has 7 heteroatoms. The summed E-state index contributed by atoms with van der Waals surface area (Å²) < 4.78 is 8.20. The van der Waals surface area contributed by atoms with Crippen molar-refractivity contribution in [1.29, 1.82) is 0 Å². The fourth-order valence-corrected chi connectivity index (χ4v) is 4.36. The molecule has 4 rings (SSSR count). The first-order chi connectivity index (χ1) is 17.4. The summed E-state index contributed by atoms with van der Waals surface area (Å²) in [6.07, 6.45) is 4.74. The fourth-order valence-electron chi connectivity index (χ4n) is 4.36. The molecule has 0 radical (unpaired) electrons. The van der Waals surface area contributed by atoms with Gasteiger partial charge in [-0.3, -0.25) is 0 Å². The molecular formula is C29H34N4O3. The number of hydrogen-bond acceptors (Lipinski definition) is 5. The number of hydrogen-bond donors (Lipinski definition) is 2. The van der Waals surface area contributed by atoms with Crippen LogP contribution >= 0.6 is 0 Å². The van der Waals surface area contributed by atoms with Crippen molar-refractivity contribution in [2.24, 2.45) is 0 Å². The Balaban J connectivity index is 1.43. The minimum Gasteiger partial charge on any atom is -0.491 e. The van der Waals surface area contributed by atoms with Gasteiger partial charge in [0.2, 0.25) is 5.95 Å². The van der Waals surface area contributed by atoms with Crippen molar-refractivity contribution in [1.82, 2.24) is 14.5 Å². The van der Waals surface area contributed by atoms with Gasteiger partial charge in [-0.2, -0.15) is 0 Å². The molecule has 0 aliphatic heterocycles. The van der Waals surface area contributed by atoms with Gasteiger partial charge in [0.1, 0.15) is 12.4 Å². The zero-order valence-electron chi connectivity index (χ0n) is 21.4. The van der Waals surface area contributed by atoms with Crippen LogP contribution in [0, 0.1) is 6.92 Å². The van der Waals surface area contributed by atoms with Crippen molar-refractivity contribution >= 4 is 22.8 Å². The Hall–Kier alpha value is -3.87. The Morgan fingerprint density at radius 1 is 1.17 bits per heavy atom. The molecule has 4 aromatic rings. The molecule has 0 amide bonds. The third-order valence-corrected chi connectivity index (χ3v) is 6.46. The highest BCUT2D eigenvalue weighted by molar-refractivity contribution is 5.88. The average molecular weight is 487 g/mol. The summed E-state index contributed by atoms with van der Waals surface area (Å²) in [5.74, 6) is 0.694. The number of para-hydroxylation sites is 1. The number of aromatic carboxylic acids is 1. The summed E-state index contributed by atoms with van der Waals surface area (Å²) in [4.78, 5) is 20.6. The molecule has 36 heavy (non-hydrogen) atoms. The number of nitrogens with one attached hydrogen (secondary N) is 1. The topological polar surface area (TPSA) is 89.3 Å². The molecule has 2 aromatic carbocycles. The van der Waals surface area contributed by atoms with Crippen molar-refractivity contribution in [2.45, 2.75) is 53.0 Å². The first-order valence-corrected chi connectivity index (χ1v) is 12.5. The van der Waals surface area contributed by atoms with Crippen molar-refractivity contribution in [3.8, 4) is 5.75 Å². The normalized spacial score (nSPS) is 11.2. The standard InChI is InChI=1S/C29H34N4O3/c1-5-33-18-22(23-8-6-7-9-26(23)33)12-13-25-24(28(34)35)17-31-29(32-25)30-14-15-36-27-16-21(19(2)3)11-10-20(27)4/h6-11,16-19H,5,12-15H2,1-4H3,(H,34,35)(H,30,31,32). The molecule has 0 aliphatic rings. The smallest absolute Gasteiger partial charge is 0.339 e. The molecule has 2 heterocycles. The monoisotopic (exact) mass is 486 g/mol. The van der Waals surface area contributed by atoms with Gasteiger partial charge in [-0.1, -0.05) is 44.2 Å². The number of fused-ring (bicyclic) bond motifs is 1. The SMILES string of the molecule is CCn1cc(CCc2nc(NCCOc3cc(C(C)C)ccc3C)ncc2C(=O)O)c2ccccc21. The quantitative estimate of drug-likeness (QED) is 0.258. The number of carbonyl (C=O) groups is 1. The lowest BCUT2D eigenvalue weighted by Gasteiger charge is -2.13. The number of aromatic nitrogens is 3. The molecule has 0 saturated carbocycles. The third-order valence-electron chi connectivity index (χ3n) is 6.46. The lowest BCUT2D eigenvalue weighted by atomic mass is 10.0. The molecule has 0 bridgehead atoms. The van der Waals surface area contributed by atoms with Gasteiger partial charge in [-0.25, -0.2) is 14.8 Å². The predicted octanol–water partition coefficient (Wildman–Crippen LogP) is 5.86. The Labute approximate surface area is 212 Å². The number of carboxylic acid groups (broad SMARTS) is 1. The van der Waals surface area contributed by atoms with Crippen molar-refractivity contribution in [3.05, 3.63) is 82.8 Å². The molecule has 0 aliphatic carbocycles. The Morgan fingerprint density at radius 2 is 1.97 bits per heavy atom. The molecule has 7 nitrogen and oxygen atoms in total. The van der Waals surface area contributed by atoms with E-state index in [1.54, 1.807) is 0 Å². The molecule has 2 aromatic heterocycles. The minimum atomic E-state index is -1.02. The highest BCUT2D eigenvalue weighted by atomic mass is 16.5. The summed E-state index contributed by atoms with van der Waals surface area (Å²) >= 11 is 0. The van der Waals surface area contributed by atoms with Gasteiger partial charge >= 0.3 is 5.97 Å². The van der Waals surface area contributed by atoms with E-state index in [9.17, 15) is 9.90 Å². The summed E-state index contributed by atoms with van der Waals surface area (Å²) in [5.41, 5.74) is 5.36. The van der Waals surface area contributed by atoms with Gasteiger partial charge in [0, 0.05) is 29.8 Å². The van der Waals surface area contributed by atoms with E-state index in [2.05, 4.69) is 77.2 Å². The fraction of sp³-hybridized carbons (Fsp3) is 0.345. The average Bonchev–Trinajstić information content (AvgIpc) is 3.24. The van der Waals surface area contributed by atoms with Gasteiger partial charge in [-0.05, 0) is 61.4 Å². The number of ether oxygens (including phenoxy) is 1. The van der Waals surface area contributed by atoms with Crippen LogP contribution in [0.3, 0.4) is 0 Å². The van der Waals surface area contributed by atoms with Crippen LogP contribution in [0.25, 0.3) is 10.9 Å². The zero-order chi connectivity index (χ0) is 25.7. The van der Waals surface area contributed by atoms with Crippen LogP contribution in [-0.4, -0.2) is 38.8 Å². The van der Waals surface area contributed by atoms with E-state index >= 15 is 0 Å². The van der Waals surface area contributed by atoms with Crippen LogP contribution in [0.2, 0.25) is 0 Å². The summed E-state index contributed by atoms with van der Waals surface area (Å²) in [6, 6.07) is 14.6. The highest BCUT2D eigenvalue weighted by Crippen LogP contribution is 2.25. The first-order valence-electron chi connectivity index (χ1n) is 12.5. The van der Waals surface area contributed by atoms with Gasteiger partial charge in [0.15, 0.2) is 0 Å². The lowest BCUT2D eigenvalue weighted by molar-refractivity contribution is 0.0694. The van der Waals surface area contributed by atoms with Crippen molar-refractivity contribution < 1.29 is 14.6 Å². The zero-order valence-corrected chi connectivity index (χ0v) is 21.4. The number of carboxylic acids is 1. The molecule has 0 spiro atoms. The van der Waals surface area contributed by atoms with Crippen molar-refractivity contribution in [2.75, 3.05) is 18.5 Å². The molecular weight excluding hydrogens is 452 g/mol. The van der Waals surface area contributed by atoms with E-state index in [1.165, 1.54) is 28.2 Å². The largest absolute Gasteiger partial charge is 0.491 e. The van der Waals surface area contributed by atoms with E-state index in [4.69, 9.17) is 4.74 Å². The molecule has 188 valence electrons. The maximum absolute atomic E-state index is 11.8. The van der Waals surface area contributed by atoms with Crippen molar-refractivity contribution in [3.63, 3.8) is 0 Å². The maximum atomic E-state index is 11.8. The van der Waals surface area contributed by atoms with E-state index in [1.807, 2.05) is 19.1 Å². The van der Waals surface area contributed by atoms with Gasteiger partial charge < -0.3 is 19.7 Å². The molecule has 2 N–H and O–H groups in total. The number of rotatable bonds is 11. The van der Waals surface area contributed by atoms with Gasteiger partial charge in [0.25, 0.3) is 0 Å². The molecule has 0 atom stereocenters. The molecule has 0 unspecified atom stereocenters. The number of benzene rings is 2. The van der Waals surface area contributed by atoms with Crippen LogP contribution in [0.1, 0.15) is 59.4 Å². The Morgan fingerprint density at radius 3 is 2.72 bits per heavy atom. The first kappa shape index (κ1) is 25.2. The van der Waals surface area contributed by atoms with Crippen LogP contribution in [0.15, 0.2) is 54.9 Å². The van der Waals surface area contributed by atoms with Crippen LogP contribution in [0.5, 0.6) is 5.75 Å². The highest BCUT2D eigenvalue weighted by Gasteiger charge is 2.15. The Bertz CT molecular complexity index is 1360. The van der Waals surface area contributed by atoms with E-state index in [0.717, 1.165) is 17.9 Å². The van der Waals surface area contributed by atoms with Gasteiger partial charge in [0.05, 0.1) is 17.8 Å². The minimum absolute atomic E-state index is 0.136. The third kappa shape index (κ3) is 5.67. The number of anilines is 1. The second kappa shape index (κ2) is 11.2. The summed E-state index contributed by atoms with van der Waals surface area (Å²) in [5, 5.41) is 14.0. The second-order valence-corrected chi connectivity index (χ2v) is 9.27. The van der Waals surface area contributed by atoms with Gasteiger partial charge in [-0.15, -0.1) is 0 Å². The predicted molar refractivity (Wildman–Crippen MR) is 143 cm³/mol. The number of aryl methyl sites for hydroxylation is 4. The van der Waals surface area contributed by atoms with Crippen LogP contribution in [0.4, 0.5) is 5.95 Å². The lowest BCUT2D eigenvalue weighted by Crippen LogP contribution is -2.16. The summed E-state index contributed by atoms with van der Waals surface area (Å²) in [7, 11) is 0. The second-order valence-electron chi connectivity index (χ2n) is 9.27. The van der Waals surface area contributed by atoms with E-state index in [-0.39, 0.29) is 5.56 Å².